The summed E-state index contributed by atoms with van der Waals surface area (Å²) in [4.78, 5) is 18.2. The van der Waals surface area contributed by atoms with Crippen LogP contribution in [-0.4, -0.2) is 15.9 Å². The molecule has 0 aromatic carbocycles. The predicted molar refractivity (Wildman–Crippen MR) is 85.1 cm³/mol. The zero-order valence-electron chi connectivity index (χ0n) is 13.7. The van der Waals surface area contributed by atoms with Gasteiger partial charge in [0.2, 0.25) is 0 Å². The molecule has 3 fully saturated rings. The Labute approximate surface area is 129 Å². The highest BCUT2D eigenvalue weighted by Crippen LogP contribution is 2.71. The summed E-state index contributed by atoms with van der Waals surface area (Å²) in [5.74, 6) is 3.23. The molecule has 3 aliphatic carbocycles. The Morgan fingerprint density at radius 2 is 1.86 bits per heavy atom. The molecule has 3 aliphatic rings. The lowest BCUT2D eigenvalue weighted by Gasteiger charge is -2.42. The van der Waals surface area contributed by atoms with Crippen LogP contribution in [0.25, 0.3) is 0 Å². The lowest BCUT2D eigenvalue weighted by Crippen LogP contribution is -2.33. The van der Waals surface area contributed by atoms with Crippen LogP contribution in [0.5, 0.6) is 0 Å². The molecule has 5 atom stereocenters. The number of hydrogen-bond donors (Lipinski definition) is 2. The van der Waals surface area contributed by atoms with Crippen molar-refractivity contribution in [2.45, 2.75) is 65.7 Å². The van der Waals surface area contributed by atoms with Crippen molar-refractivity contribution in [3.05, 3.63) is 0 Å². The summed E-state index contributed by atoms with van der Waals surface area (Å²) in [6.45, 7) is 7.42. The molecular weight excluding hydrogens is 283 g/mol. The van der Waals surface area contributed by atoms with E-state index in [4.69, 9.17) is 9.79 Å². The van der Waals surface area contributed by atoms with E-state index in [1.807, 2.05) is 0 Å². The van der Waals surface area contributed by atoms with E-state index in [0.717, 1.165) is 24.2 Å². The van der Waals surface area contributed by atoms with Gasteiger partial charge in [0.1, 0.15) is 0 Å². The maximum absolute atomic E-state index is 11.1. The van der Waals surface area contributed by atoms with Gasteiger partial charge in [-0.2, -0.15) is 0 Å². The Bertz CT molecular complexity index is 455. The molecule has 3 saturated carbocycles. The number of hydrogen-bond acceptors (Lipinski definition) is 1. The van der Waals surface area contributed by atoms with Crippen molar-refractivity contribution < 1.29 is 14.4 Å². The maximum Gasteiger partial charge on any atom is 0.325 e. The molecule has 4 heteroatoms. The minimum Gasteiger partial charge on any atom is -0.324 e. The average molecular weight is 314 g/mol. The van der Waals surface area contributed by atoms with Gasteiger partial charge in [0.15, 0.2) is 0 Å². The fourth-order valence-electron chi connectivity index (χ4n) is 6.63. The number of rotatable bonds is 4. The first kappa shape index (κ1) is 16.0. The normalized spacial score (nSPS) is 44.8. The Kier molecular flexibility index (Phi) is 3.87. The molecular formula is C17H31O3P. The molecule has 0 saturated heterocycles. The van der Waals surface area contributed by atoms with Crippen LogP contribution in [0.1, 0.15) is 65.7 Å². The lowest BCUT2D eigenvalue weighted by atomic mass is 9.63. The molecule has 0 radical (unpaired) electrons. The summed E-state index contributed by atoms with van der Waals surface area (Å²) >= 11 is 0. The van der Waals surface area contributed by atoms with E-state index in [1.165, 1.54) is 32.1 Å². The van der Waals surface area contributed by atoms with Crippen molar-refractivity contribution >= 4 is 7.60 Å². The van der Waals surface area contributed by atoms with Crippen LogP contribution in [0.4, 0.5) is 0 Å². The van der Waals surface area contributed by atoms with Gasteiger partial charge in [-0.15, -0.1) is 0 Å². The van der Waals surface area contributed by atoms with Crippen molar-refractivity contribution in [2.24, 2.45) is 34.5 Å². The van der Waals surface area contributed by atoms with Crippen molar-refractivity contribution in [2.75, 3.05) is 6.16 Å². The van der Waals surface area contributed by atoms with Crippen LogP contribution in [0.3, 0.4) is 0 Å². The van der Waals surface area contributed by atoms with Gasteiger partial charge in [0.25, 0.3) is 0 Å². The Hall–Kier alpha value is 0.150. The third-order valence-corrected chi connectivity index (χ3v) is 8.22. The zero-order valence-corrected chi connectivity index (χ0v) is 14.6. The Balaban J connectivity index is 1.78. The SMILES string of the molecule is CC1(C)CCC[C@@]2(C)[C@@H]3CC[C@@H]([C@H]31)[C@@H]2CCCP(=O)(O)O. The molecule has 0 aromatic rings. The monoisotopic (exact) mass is 314 g/mol. The molecule has 0 heterocycles. The van der Waals surface area contributed by atoms with Gasteiger partial charge in [0.05, 0.1) is 0 Å². The Morgan fingerprint density at radius 1 is 1.14 bits per heavy atom. The first-order chi connectivity index (χ1) is 9.65. The molecule has 0 aliphatic heterocycles. The molecule has 0 spiro atoms. The average Bonchev–Trinajstić information content (AvgIpc) is 2.82. The maximum atomic E-state index is 11.1. The molecule has 21 heavy (non-hydrogen) atoms. The molecule has 3 nitrogen and oxygen atoms in total. The van der Waals surface area contributed by atoms with Crippen molar-refractivity contribution in [3.63, 3.8) is 0 Å². The fraction of sp³-hybridized carbons (Fsp3) is 1.00. The quantitative estimate of drug-likeness (QED) is 0.755. The van der Waals surface area contributed by atoms with Gasteiger partial charge in [-0.1, -0.05) is 27.2 Å². The summed E-state index contributed by atoms with van der Waals surface area (Å²) in [5.41, 5.74) is 0.901. The van der Waals surface area contributed by atoms with E-state index in [9.17, 15) is 4.57 Å². The largest absolute Gasteiger partial charge is 0.325 e. The zero-order chi connectivity index (χ0) is 15.5. The topological polar surface area (TPSA) is 57.5 Å². The van der Waals surface area contributed by atoms with Gasteiger partial charge in [0, 0.05) is 6.16 Å². The summed E-state index contributed by atoms with van der Waals surface area (Å²) < 4.78 is 11.1. The first-order valence-electron chi connectivity index (χ1n) is 8.70. The second kappa shape index (κ2) is 5.08. The second-order valence-electron chi connectivity index (χ2n) is 8.86. The van der Waals surface area contributed by atoms with Crippen LogP contribution in [0, 0.1) is 34.5 Å². The van der Waals surface area contributed by atoms with E-state index in [-0.39, 0.29) is 6.16 Å². The highest BCUT2D eigenvalue weighted by atomic mass is 31.2. The Morgan fingerprint density at radius 3 is 2.52 bits per heavy atom. The smallest absolute Gasteiger partial charge is 0.324 e. The molecule has 0 amide bonds. The third-order valence-electron chi connectivity index (χ3n) is 7.32. The first-order valence-corrected chi connectivity index (χ1v) is 10.5. The van der Waals surface area contributed by atoms with Crippen LogP contribution in [0.15, 0.2) is 0 Å². The minimum atomic E-state index is -3.82. The van der Waals surface area contributed by atoms with Gasteiger partial charge in [-0.05, 0) is 73.0 Å². The standard InChI is InChI=1S/C17H31O3P/c1-16(2)9-5-10-17(3)13(6-4-11-21(18,19)20)12-7-8-14(17)15(12)16/h12-15H,4-11H2,1-3H3,(H2,18,19,20)/t12-,13+,14-,15-,17-/m1/s1. The summed E-state index contributed by atoms with van der Waals surface area (Å²) in [6.07, 6.45) is 8.56. The van der Waals surface area contributed by atoms with Gasteiger partial charge >= 0.3 is 7.60 Å². The van der Waals surface area contributed by atoms with Crippen LogP contribution >= 0.6 is 7.60 Å². The van der Waals surface area contributed by atoms with Crippen molar-refractivity contribution in [3.8, 4) is 0 Å². The van der Waals surface area contributed by atoms with E-state index in [2.05, 4.69) is 20.8 Å². The molecule has 4 bridgehead atoms. The summed E-state index contributed by atoms with van der Waals surface area (Å²) in [5, 5.41) is 0. The molecule has 3 rings (SSSR count). The van der Waals surface area contributed by atoms with E-state index in [1.54, 1.807) is 0 Å². The summed E-state index contributed by atoms with van der Waals surface area (Å²) in [7, 11) is -3.82. The summed E-state index contributed by atoms with van der Waals surface area (Å²) in [6, 6.07) is 0. The van der Waals surface area contributed by atoms with Gasteiger partial charge in [-0.3, -0.25) is 4.57 Å². The van der Waals surface area contributed by atoms with Crippen LogP contribution < -0.4 is 0 Å². The molecule has 2 N–H and O–H groups in total. The second-order valence-corrected chi connectivity index (χ2v) is 10.6. The fourth-order valence-corrected chi connectivity index (χ4v) is 7.23. The van der Waals surface area contributed by atoms with Gasteiger partial charge < -0.3 is 9.79 Å². The molecule has 0 aromatic heterocycles. The van der Waals surface area contributed by atoms with Gasteiger partial charge in [-0.25, -0.2) is 0 Å². The highest BCUT2D eigenvalue weighted by Gasteiger charge is 2.64. The highest BCUT2D eigenvalue weighted by molar-refractivity contribution is 7.51. The lowest BCUT2D eigenvalue weighted by molar-refractivity contribution is 0.0783. The van der Waals surface area contributed by atoms with Crippen molar-refractivity contribution in [1.29, 1.82) is 0 Å². The van der Waals surface area contributed by atoms with Crippen LogP contribution in [-0.2, 0) is 4.57 Å². The third kappa shape index (κ3) is 2.64. The molecule has 122 valence electrons. The molecule has 0 unspecified atom stereocenters. The van der Waals surface area contributed by atoms with E-state index < -0.39 is 7.60 Å². The predicted octanol–water partition coefficient (Wildman–Crippen LogP) is 4.43. The van der Waals surface area contributed by atoms with E-state index in [0.29, 0.717) is 23.2 Å². The van der Waals surface area contributed by atoms with E-state index >= 15 is 0 Å². The van der Waals surface area contributed by atoms with Crippen LogP contribution in [0.2, 0.25) is 0 Å². The minimum absolute atomic E-state index is 0.0744. The van der Waals surface area contributed by atoms with Crippen molar-refractivity contribution in [1.82, 2.24) is 0 Å².